The van der Waals surface area contributed by atoms with Gasteiger partial charge in [-0.2, -0.15) is 0 Å². The van der Waals surface area contributed by atoms with E-state index in [1.807, 2.05) is 4.90 Å². The Bertz CT molecular complexity index is 572. The molecule has 1 saturated heterocycles. The van der Waals surface area contributed by atoms with E-state index in [2.05, 4.69) is 5.32 Å². The number of amides is 2. The fraction of sp³-hybridized carbons (Fsp3) is 0.471. The van der Waals surface area contributed by atoms with Crippen LogP contribution in [0.25, 0.3) is 0 Å². The van der Waals surface area contributed by atoms with Gasteiger partial charge in [-0.1, -0.05) is 11.6 Å². The molecule has 0 unspecified atom stereocenters. The Balaban J connectivity index is 1.60. The van der Waals surface area contributed by atoms with Crippen molar-refractivity contribution in [3.8, 4) is 0 Å². The molecule has 1 aromatic rings. The van der Waals surface area contributed by atoms with Crippen molar-refractivity contribution in [2.45, 2.75) is 32.1 Å². The average Bonchev–Trinajstić information content (AvgIpc) is 2.95. The van der Waals surface area contributed by atoms with E-state index in [0.29, 0.717) is 30.1 Å². The number of rotatable bonds is 8. The van der Waals surface area contributed by atoms with Crippen LogP contribution < -0.4 is 5.32 Å². The predicted molar refractivity (Wildman–Crippen MR) is 88.5 cm³/mol. The van der Waals surface area contributed by atoms with Crippen molar-refractivity contribution < 1.29 is 14.4 Å². The van der Waals surface area contributed by atoms with E-state index >= 15 is 0 Å². The summed E-state index contributed by atoms with van der Waals surface area (Å²) in [6.45, 7) is 2.03. The summed E-state index contributed by atoms with van der Waals surface area (Å²) in [7, 11) is 0. The summed E-state index contributed by atoms with van der Waals surface area (Å²) in [5.74, 6) is -0.00979. The molecule has 0 radical (unpaired) electrons. The minimum Gasteiger partial charge on any atom is -0.356 e. The van der Waals surface area contributed by atoms with Crippen molar-refractivity contribution in [3.63, 3.8) is 0 Å². The first-order valence-corrected chi connectivity index (χ1v) is 8.27. The third-order valence-corrected chi connectivity index (χ3v) is 4.10. The van der Waals surface area contributed by atoms with Crippen LogP contribution in [0.2, 0.25) is 5.02 Å². The molecule has 6 heteroatoms. The first-order valence-electron chi connectivity index (χ1n) is 7.89. The van der Waals surface area contributed by atoms with Crippen LogP contribution in [0.1, 0.15) is 42.5 Å². The molecule has 0 aromatic heterocycles. The number of likely N-dealkylation sites (tertiary alicyclic amines) is 1. The first-order chi connectivity index (χ1) is 11.1. The SMILES string of the molecule is O=C(CCC(=O)c1ccc(Cl)cc1)NCCCN1CCCC1=O. The van der Waals surface area contributed by atoms with Gasteiger partial charge in [0.1, 0.15) is 0 Å². The third kappa shape index (κ3) is 5.67. The molecular weight excluding hydrogens is 316 g/mol. The molecule has 23 heavy (non-hydrogen) atoms. The standard InChI is InChI=1S/C17H21ClN2O3/c18-14-6-4-13(5-7-14)15(21)8-9-16(22)19-10-2-12-20-11-1-3-17(20)23/h4-7H,1-3,8-12H2,(H,19,22). The smallest absolute Gasteiger partial charge is 0.222 e. The number of benzene rings is 1. The molecule has 0 aliphatic carbocycles. The summed E-state index contributed by atoms with van der Waals surface area (Å²) in [6, 6.07) is 6.65. The Morgan fingerprint density at radius 3 is 2.57 bits per heavy atom. The summed E-state index contributed by atoms with van der Waals surface area (Å²) in [5.41, 5.74) is 0.565. The van der Waals surface area contributed by atoms with Gasteiger partial charge in [0.2, 0.25) is 11.8 Å². The Hall–Kier alpha value is -1.88. The molecule has 5 nitrogen and oxygen atoms in total. The highest BCUT2D eigenvalue weighted by Gasteiger charge is 2.19. The normalized spacial score (nSPS) is 14.1. The van der Waals surface area contributed by atoms with Crippen molar-refractivity contribution >= 4 is 29.2 Å². The van der Waals surface area contributed by atoms with E-state index in [0.717, 1.165) is 19.4 Å². The van der Waals surface area contributed by atoms with Crippen LogP contribution >= 0.6 is 11.6 Å². The predicted octanol–water partition coefficient (Wildman–Crippen LogP) is 2.43. The lowest BCUT2D eigenvalue weighted by atomic mass is 10.1. The van der Waals surface area contributed by atoms with Crippen molar-refractivity contribution in [2.75, 3.05) is 19.6 Å². The van der Waals surface area contributed by atoms with E-state index in [9.17, 15) is 14.4 Å². The summed E-state index contributed by atoms with van der Waals surface area (Å²) in [4.78, 5) is 36.9. The van der Waals surface area contributed by atoms with Gasteiger partial charge < -0.3 is 10.2 Å². The van der Waals surface area contributed by atoms with Crippen LogP contribution in [0.4, 0.5) is 0 Å². The summed E-state index contributed by atoms with van der Waals surface area (Å²) >= 11 is 5.77. The Morgan fingerprint density at radius 2 is 1.91 bits per heavy atom. The maximum Gasteiger partial charge on any atom is 0.222 e. The van der Waals surface area contributed by atoms with Crippen LogP contribution in [-0.4, -0.2) is 42.1 Å². The second-order valence-corrected chi connectivity index (χ2v) is 6.05. The van der Waals surface area contributed by atoms with E-state index in [1.54, 1.807) is 24.3 Å². The van der Waals surface area contributed by atoms with Gasteiger partial charge in [-0.05, 0) is 37.1 Å². The van der Waals surface area contributed by atoms with Gasteiger partial charge in [0, 0.05) is 49.5 Å². The van der Waals surface area contributed by atoms with Gasteiger partial charge in [-0.15, -0.1) is 0 Å². The molecule has 0 bridgehead atoms. The number of carbonyl (C=O) groups excluding carboxylic acids is 3. The number of hydrogen-bond acceptors (Lipinski definition) is 3. The van der Waals surface area contributed by atoms with Gasteiger partial charge in [-0.3, -0.25) is 14.4 Å². The summed E-state index contributed by atoms with van der Waals surface area (Å²) in [5, 5.41) is 3.37. The number of carbonyl (C=O) groups is 3. The molecule has 1 aliphatic rings. The number of ketones is 1. The van der Waals surface area contributed by atoms with E-state index in [-0.39, 0.29) is 30.4 Å². The van der Waals surface area contributed by atoms with Crippen LogP contribution in [0, 0.1) is 0 Å². The van der Waals surface area contributed by atoms with Gasteiger partial charge in [0.25, 0.3) is 0 Å². The van der Waals surface area contributed by atoms with Crippen LogP contribution in [0.5, 0.6) is 0 Å². The topological polar surface area (TPSA) is 66.5 Å². The zero-order valence-corrected chi connectivity index (χ0v) is 13.8. The zero-order chi connectivity index (χ0) is 16.7. The van der Waals surface area contributed by atoms with Crippen LogP contribution in [-0.2, 0) is 9.59 Å². The molecular formula is C17H21ClN2O3. The largest absolute Gasteiger partial charge is 0.356 e. The molecule has 0 atom stereocenters. The second kappa shape index (κ2) is 8.67. The van der Waals surface area contributed by atoms with E-state index < -0.39 is 0 Å². The molecule has 2 rings (SSSR count). The van der Waals surface area contributed by atoms with Gasteiger partial charge in [0.05, 0.1) is 0 Å². The van der Waals surface area contributed by atoms with E-state index in [4.69, 9.17) is 11.6 Å². The first kappa shape index (κ1) is 17.5. The van der Waals surface area contributed by atoms with Crippen molar-refractivity contribution in [1.29, 1.82) is 0 Å². The number of nitrogens with one attached hydrogen (secondary N) is 1. The zero-order valence-electron chi connectivity index (χ0n) is 13.0. The van der Waals surface area contributed by atoms with Crippen molar-refractivity contribution in [1.82, 2.24) is 10.2 Å². The highest BCUT2D eigenvalue weighted by atomic mass is 35.5. The summed E-state index contributed by atoms with van der Waals surface area (Å²) in [6.07, 6.45) is 2.65. The molecule has 2 amide bonds. The highest BCUT2D eigenvalue weighted by Crippen LogP contribution is 2.12. The quantitative estimate of drug-likeness (QED) is 0.585. The summed E-state index contributed by atoms with van der Waals surface area (Å²) < 4.78 is 0. The minimum absolute atomic E-state index is 0.0699. The Labute approximate surface area is 141 Å². The fourth-order valence-corrected chi connectivity index (χ4v) is 2.66. The van der Waals surface area contributed by atoms with Crippen molar-refractivity contribution in [3.05, 3.63) is 34.9 Å². The van der Waals surface area contributed by atoms with Gasteiger partial charge >= 0.3 is 0 Å². The minimum atomic E-state index is -0.139. The van der Waals surface area contributed by atoms with E-state index in [1.165, 1.54) is 0 Å². The van der Waals surface area contributed by atoms with Gasteiger partial charge in [-0.25, -0.2) is 0 Å². The lowest BCUT2D eigenvalue weighted by Crippen LogP contribution is -2.30. The molecule has 0 spiro atoms. The monoisotopic (exact) mass is 336 g/mol. The number of Topliss-reactive ketones (excluding diaryl/α,β-unsaturated/α-hetero) is 1. The lowest BCUT2D eigenvalue weighted by molar-refractivity contribution is -0.127. The lowest BCUT2D eigenvalue weighted by Gasteiger charge is -2.15. The average molecular weight is 337 g/mol. The molecule has 1 aromatic carbocycles. The Morgan fingerprint density at radius 1 is 1.17 bits per heavy atom. The molecule has 0 saturated carbocycles. The number of nitrogens with zero attached hydrogens (tertiary/aromatic N) is 1. The van der Waals surface area contributed by atoms with Crippen molar-refractivity contribution in [2.24, 2.45) is 0 Å². The number of hydrogen-bond donors (Lipinski definition) is 1. The Kier molecular flexibility index (Phi) is 6.59. The molecule has 1 fully saturated rings. The third-order valence-electron chi connectivity index (χ3n) is 3.84. The van der Waals surface area contributed by atoms with Crippen LogP contribution in [0.15, 0.2) is 24.3 Å². The maximum absolute atomic E-state index is 11.9. The molecule has 1 heterocycles. The number of halogens is 1. The second-order valence-electron chi connectivity index (χ2n) is 5.62. The van der Waals surface area contributed by atoms with Crippen LogP contribution in [0.3, 0.4) is 0 Å². The fourth-order valence-electron chi connectivity index (χ4n) is 2.53. The molecule has 124 valence electrons. The molecule has 1 N–H and O–H groups in total. The molecule has 1 aliphatic heterocycles. The maximum atomic E-state index is 11.9. The highest BCUT2D eigenvalue weighted by molar-refractivity contribution is 6.30. The van der Waals surface area contributed by atoms with Gasteiger partial charge in [0.15, 0.2) is 5.78 Å².